The summed E-state index contributed by atoms with van der Waals surface area (Å²) in [6.45, 7) is 10.7. The summed E-state index contributed by atoms with van der Waals surface area (Å²) in [4.78, 5) is 3.95. The highest BCUT2D eigenvalue weighted by molar-refractivity contribution is 5.16. The summed E-state index contributed by atoms with van der Waals surface area (Å²) < 4.78 is 0. The highest BCUT2D eigenvalue weighted by Gasteiger charge is 1.86. The van der Waals surface area contributed by atoms with Gasteiger partial charge in [0.1, 0.15) is 0 Å². The zero-order valence-electron chi connectivity index (χ0n) is 5.04. The molecular formula is C8H7N. The lowest BCUT2D eigenvalue weighted by atomic mass is 10.2. The van der Waals surface area contributed by atoms with Gasteiger partial charge in [-0.25, -0.2) is 0 Å². The highest BCUT2D eigenvalue weighted by atomic mass is 14.7. The molecule has 0 aliphatic carbocycles. The Morgan fingerprint density at radius 1 is 1.44 bits per heavy atom. The summed E-state index contributed by atoms with van der Waals surface area (Å²) in [7, 11) is 0. The number of nitrogens with zero attached hydrogens (tertiary/aromatic N) is 1. The van der Waals surface area contributed by atoms with Crippen LogP contribution >= 0.6 is 0 Å². The summed E-state index contributed by atoms with van der Waals surface area (Å²) in [5.41, 5.74) is 1.54. The molecule has 0 atom stereocenters. The molecule has 0 aliphatic heterocycles. The Balaban J connectivity index is 2.88. The van der Waals surface area contributed by atoms with Gasteiger partial charge < -0.3 is 0 Å². The van der Waals surface area contributed by atoms with Crippen LogP contribution in [-0.4, -0.2) is 4.98 Å². The fourth-order valence-electron chi connectivity index (χ4n) is 0.557. The van der Waals surface area contributed by atoms with Gasteiger partial charge in [0.2, 0.25) is 0 Å². The standard InChI is InChI=1S/C8H7N/c1-3-8-5-4-7(2)6-9-8/h1-2,4-6H,3H2. The minimum Gasteiger partial charge on any atom is -0.261 e. The molecule has 44 valence electrons. The average molecular weight is 117 g/mol. The SMILES string of the molecule is [CH]Cc1ccc([CH])cn1. The summed E-state index contributed by atoms with van der Waals surface area (Å²) in [5, 5.41) is 0. The van der Waals surface area contributed by atoms with Crippen molar-refractivity contribution in [3.05, 3.63) is 43.4 Å². The lowest BCUT2D eigenvalue weighted by Crippen LogP contribution is -1.84. The molecule has 0 saturated heterocycles. The number of aromatic nitrogens is 1. The van der Waals surface area contributed by atoms with E-state index in [-0.39, 0.29) is 0 Å². The van der Waals surface area contributed by atoms with Crippen LogP contribution in [0.4, 0.5) is 0 Å². The second-order valence-corrected chi connectivity index (χ2v) is 1.79. The van der Waals surface area contributed by atoms with Gasteiger partial charge in [-0.05, 0) is 25.0 Å². The molecule has 0 N–H and O–H groups in total. The van der Waals surface area contributed by atoms with Crippen molar-refractivity contribution in [2.45, 2.75) is 6.42 Å². The Morgan fingerprint density at radius 3 is 2.67 bits per heavy atom. The first-order valence-corrected chi connectivity index (χ1v) is 2.73. The molecule has 1 nitrogen and oxygen atoms in total. The van der Waals surface area contributed by atoms with E-state index in [4.69, 9.17) is 13.8 Å². The van der Waals surface area contributed by atoms with Crippen LogP contribution in [0.2, 0.25) is 0 Å². The zero-order valence-corrected chi connectivity index (χ0v) is 5.04. The second kappa shape index (κ2) is 2.62. The number of hydrogen-bond acceptors (Lipinski definition) is 1. The van der Waals surface area contributed by atoms with Gasteiger partial charge in [0.25, 0.3) is 0 Å². The Hall–Kier alpha value is -0.850. The predicted molar refractivity (Wildman–Crippen MR) is 35.6 cm³/mol. The maximum atomic E-state index is 5.38. The van der Waals surface area contributed by atoms with Crippen LogP contribution in [0.1, 0.15) is 11.3 Å². The molecule has 1 aromatic heterocycles. The van der Waals surface area contributed by atoms with E-state index in [0.717, 1.165) is 5.69 Å². The molecule has 0 bridgehead atoms. The lowest BCUT2D eigenvalue weighted by molar-refractivity contribution is 1.10. The van der Waals surface area contributed by atoms with E-state index in [1.165, 1.54) is 0 Å². The summed E-state index contributed by atoms with van der Waals surface area (Å²) >= 11 is 0. The first kappa shape index (κ1) is 6.27. The number of hydrogen-bond donors (Lipinski definition) is 0. The number of rotatable bonds is 1. The Labute approximate surface area is 55.7 Å². The summed E-state index contributed by atoms with van der Waals surface area (Å²) in [5.74, 6) is 0. The van der Waals surface area contributed by atoms with Gasteiger partial charge in [0, 0.05) is 18.8 Å². The minimum absolute atomic E-state index is 0.472. The third-order valence-corrected chi connectivity index (χ3v) is 1.06. The third-order valence-electron chi connectivity index (χ3n) is 1.06. The highest BCUT2D eigenvalue weighted by Crippen LogP contribution is 1.97. The minimum atomic E-state index is 0.472. The van der Waals surface area contributed by atoms with Crippen LogP contribution in [0.15, 0.2) is 18.3 Å². The third kappa shape index (κ3) is 1.53. The zero-order chi connectivity index (χ0) is 6.69. The molecule has 1 aromatic rings. The Morgan fingerprint density at radius 2 is 2.22 bits per heavy atom. The summed E-state index contributed by atoms with van der Waals surface area (Å²) in [6.07, 6.45) is 2.07. The molecule has 0 aliphatic rings. The van der Waals surface area contributed by atoms with Gasteiger partial charge in [-0.2, -0.15) is 0 Å². The average Bonchev–Trinajstić information content (AvgIpc) is 1.90. The quantitative estimate of drug-likeness (QED) is 0.541. The van der Waals surface area contributed by atoms with Gasteiger partial charge in [-0.15, -0.1) is 0 Å². The van der Waals surface area contributed by atoms with Crippen molar-refractivity contribution in [2.24, 2.45) is 0 Å². The molecule has 1 rings (SSSR count). The van der Waals surface area contributed by atoms with E-state index in [9.17, 15) is 0 Å². The first-order valence-electron chi connectivity index (χ1n) is 2.73. The molecule has 4 radical (unpaired) electrons. The van der Waals surface area contributed by atoms with E-state index < -0.39 is 0 Å². The topological polar surface area (TPSA) is 12.9 Å². The van der Waals surface area contributed by atoms with E-state index >= 15 is 0 Å². The smallest absolute Gasteiger partial charge is 0.0406 e. The first-order chi connectivity index (χ1) is 4.33. The Bertz CT molecular complexity index is 176. The molecule has 0 aromatic carbocycles. The van der Waals surface area contributed by atoms with Crippen LogP contribution in [-0.2, 0) is 6.42 Å². The van der Waals surface area contributed by atoms with Crippen LogP contribution in [0, 0.1) is 13.8 Å². The largest absolute Gasteiger partial charge is 0.261 e. The fraction of sp³-hybridized carbons (Fsp3) is 0.125. The molecule has 0 saturated carbocycles. The van der Waals surface area contributed by atoms with Gasteiger partial charge in [0.05, 0.1) is 0 Å². The normalized spacial score (nSPS) is 9.56. The van der Waals surface area contributed by atoms with Gasteiger partial charge in [-0.3, -0.25) is 4.98 Å². The molecule has 0 fully saturated rings. The maximum Gasteiger partial charge on any atom is 0.0406 e. The molecule has 0 amide bonds. The van der Waals surface area contributed by atoms with Crippen molar-refractivity contribution in [3.8, 4) is 0 Å². The second-order valence-electron chi connectivity index (χ2n) is 1.79. The van der Waals surface area contributed by atoms with Crippen LogP contribution in [0.5, 0.6) is 0 Å². The molecule has 1 heterocycles. The van der Waals surface area contributed by atoms with E-state index in [2.05, 4.69) is 4.98 Å². The monoisotopic (exact) mass is 117 g/mol. The van der Waals surface area contributed by atoms with E-state index in [1.807, 2.05) is 6.07 Å². The molecular weight excluding hydrogens is 110 g/mol. The molecule has 1 heteroatoms. The van der Waals surface area contributed by atoms with Crippen molar-refractivity contribution in [1.82, 2.24) is 4.98 Å². The van der Waals surface area contributed by atoms with Gasteiger partial charge in [-0.1, -0.05) is 6.07 Å². The van der Waals surface area contributed by atoms with Crippen molar-refractivity contribution < 1.29 is 0 Å². The van der Waals surface area contributed by atoms with Crippen molar-refractivity contribution >= 4 is 0 Å². The van der Waals surface area contributed by atoms with Crippen LogP contribution in [0.25, 0.3) is 0 Å². The van der Waals surface area contributed by atoms with Crippen molar-refractivity contribution in [2.75, 3.05) is 0 Å². The molecule has 9 heavy (non-hydrogen) atoms. The van der Waals surface area contributed by atoms with Crippen molar-refractivity contribution in [1.29, 1.82) is 0 Å². The predicted octanol–water partition coefficient (Wildman–Crippen LogP) is 1.39. The van der Waals surface area contributed by atoms with Crippen LogP contribution in [0.3, 0.4) is 0 Å². The van der Waals surface area contributed by atoms with E-state index in [0.29, 0.717) is 12.0 Å². The number of pyridine rings is 1. The van der Waals surface area contributed by atoms with Crippen molar-refractivity contribution in [3.63, 3.8) is 0 Å². The van der Waals surface area contributed by atoms with Gasteiger partial charge in [0.15, 0.2) is 0 Å². The molecule has 0 spiro atoms. The van der Waals surface area contributed by atoms with Crippen LogP contribution < -0.4 is 0 Å². The maximum absolute atomic E-state index is 5.38. The van der Waals surface area contributed by atoms with E-state index in [1.54, 1.807) is 12.3 Å². The lowest BCUT2D eigenvalue weighted by Gasteiger charge is -1.93. The molecule has 0 unspecified atom stereocenters. The van der Waals surface area contributed by atoms with Gasteiger partial charge >= 0.3 is 0 Å². The Kier molecular flexibility index (Phi) is 1.83. The fourth-order valence-corrected chi connectivity index (χ4v) is 0.557. The summed E-state index contributed by atoms with van der Waals surface area (Å²) in [6, 6.07) is 3.60.